The summed E-state index contributed by atoms with van der Waals surface area (Å²) in [6.45, 7) is 10.4. The summed E-state index contributed by atoms with van der Waals surface area (Å²) < 4.78 is 5.89. The van der Waals surface area contributed by atoms with Crippen molar-refractivity contribution in [2.75, 3.05) is 13.1 Å². The van der Waals surface area contributed by atoms with Gasteiger partial charge in [-0.3, -0.25) is 4.79 Å². The number of amides is 1. The molecule has 0 atom stereocenters. The molecule has 0 saturated heterocycles. The molecule has 0 bridgehead atoms. The second-order valence-corrected chi connectivity index (χ2v) is 8.09. The van der Waals surface area contributed by atoms with Crippen LogP contribution >= 0.6 is 24.0 Å². The van der Waals surface area contributed by atoms with E-state index in [0.717, 1.165) is 16.7 Å². The maximum atomic E-state index is 12.1. The molecule has 0 fully saturated rings. The maximum absolute atomic E-state index is 12.1. The summed E-state index contributed by atoms with van der Waals surface area (Å²) in [5.74, 6) is 0.546. The molecule has 2 rings (SSSR count). The number of halogens is 1. The lowest BCUT2D eigenvalue weighted by atomic mass is 10.1. The number of nitrogens with zero attached hydrogens (tertiary/aromatic N) is 1. The van der Waals surface area contributed by atoms with Crippen molar-refractivity contribution in [3.8, 4) is 0 Å². The van der Waals surface area contributed by atoms with Gasteiger partial charge < -0.3 is 20.7 Å². The molecule has 0 unspecified atom stereocenters. The van der Waals surface area contributed by atoms with Crippen molar-refractivity contribution in [2.24, 2.45) is 4.99 Å². The number of benzene rings is 2. The predicted octanol–water partition coefficient (Wildman–Crippen LogP) is 3.99. The van der Waals surface area contributed by atoms with E-state index in [-0.39, 0.29) is 42.0 Å². The van der Waals surface area contributed by atoms with Crippen LogP contribution in [0.1, 0.15) is 44.4 Å². The Morgan fingerprint density at radius 3 is 2.23 bits per heavy atom. The third kappa shape index (κ3) is 11.2. The normalized spacial score (nSPS) is 11.4. The van der Waals surface area contributed by atoms with Crippen molar-refractivity contribution in [1.82, 2.24) is 16.0 Å². The highest BCUT2D eigenvalue weighted by molar-refractivity contribution is 14.0. The summed E-state index contributed by atoms with van der Waals surface area (Å²) in [4.78, 5) is 16.7. The molecule has 0 aliphatic rings. The van der Waals surface area contributed by atoms with Gasteiger partial charge in [0.1, 0.15) is 0 Å². The fourth-order valence-electron chi connectivity index (χ4n) is 2.84. The molecule has 2 aromatic rings. The molecular formula is C24H35IN4O2. The number of hydrogen-bond donors (Lipinski definition) is 3. The highest BCUT2D eigenvalue weighted by atomic mass is 127. The predicted molar refractivity (Wildman–Crippen MR) is 138 cm³/mol. The second kappa shape index (κ2) is 14.0. The molecule has 0 saturated carbocycles. The van der Waals surface area contributed by atoms with E-state index in [0.29, 0.717) is 32.3 Å². The quantitative estimate of drug-likeness (QED) is 0.257. The molecule has 0 aliphatic heterocycles. The Morgan fingerprint density at radius 2 is 1.58 bits per heavy atom. The van der Waals surface area contributed by atoms with Crippen molar-refractivity contribution < 1.29 is 9.53 Å². The first kappa shape index (κ1) is 26.9. The zero-order chi connectivity index (χ0) is 21.8. The van der Waals surface area contributed by atoms with Crippen LogP contribution in [0.15, 0.2) is 59.6 Å². The number of nitrogens with one attached hydrogen (secondary N) is 3. The molecule has 31 heavy (non-hydrogen) atoms. The van der Waals surface area contributed by atoms with E-state index in [1.54, 1.807) is 0 Å². The Balaban J connectivity index is 0.00000480. The second-order valence-electron chi connectivity index (χ2n) is 8.09. The molecular weight excluding hydrogens is 503 g/mol. The van der Waals surface area contributed by atoms with Crippen LogP contribution in [0.3, 0.4) is 0 Å². The number of aliphatic imine (C=N–C) groups is 1. The van der Waals surface area contributed by atoms with Crippen LogP contribution in [0.25, 0.3) is 0 Å². The number of rotatable bonds is 9. The van der Waals surface area contributed by atoms with E-state index >= 15 is 0 Å². The molecule has 2 aromatic carbocycles. The Labute approximate surface area is 203 Å². The van der Waals surface area contributed by atoms with Gasteiger partial charge in [0.25, 0.3) is 0 Å². The van der Waals surface area contributed by atoms with Gasteiger partial charge in [0.05, 0.1) is 26.3 Å². The highest BCUT2D eigenvalue weighted by Gasteiger charge is 2.13. The van der Waals surface area contributed by atoms with Crippen LogP contribution in [-0.4, -0.2) is 30.5 Å². The average Bonchev–Trinajstić information content (AvgIpc) is 2.70. The number of hydrogen-bond acceptors (Lipinski definition) is 3. The Bertz CT molecular complexity index is 820. The summed E-state index contributed by atoms with van der Waals surface area (Å²) >= 11 is 0. The van der Waals surface area contributed by atoms with Gasteiger partial charge in [0.15, 0.2) is 5.96 Å². The lowest BCUT2D eigenvalue weighted by molar-refractivity contribution is -0.121. The average molecular weight is 538 g/mol. The van der Waals surface area contributed by atoms with E-state index in [4.69, 9.17) is 4.74 Å². The summed E-state index contributed by atoms with van der Waals surface area (Å²) in [7, 11) is 0. The molecule has 6 nitrogen and oxygen atoms in total. The molecule has 1 amide bonds. The zero-order valence-electron chi connectivity index (χ0n) is 18.9. The van der Waals surface area contributed by atoms with Gasteiger partial charge in [-0.25, -0.2) is 4.99 Å². The summed E-state index contributed by atoms with van der Waals surface area (Å²) in [6.07, 6.45) is 0. The van der Waals surface area contributed by atoms with Crippen LogP contribution in [-0.2, 0) is 29.3 Å². The third-order valence-corrected chi connectivity index (χ3v) is 4.17. The van der Waals surface area contributed by atoms with E-state index in [9.17, 15) is 4.79 Å². The smallest absolute Gasteiger partial charge is 0.239 e. The van der Waals surface area contributed by atoms with Crippen molar-refractivity contribution >= 4 is 35.8 Å². The van der Waals surface area contributed by atoms with E-state index in [2.05, 4.69) is 45.2 Å². The first-order chi connectivity index (χ1) is 14.4. The van der Waals surface area contributed by atoms with Crippen LogP contribution in [0.5, 0.6) is 0 Å². The number of carbonyl (C=O) groups is 1. The molecule has 170 valence electrons. The minimum atomic E-state index is -0.257. The Kier molecular flexibility index (Phi) is 12.2. The fraction of sp³-hybridized carbons (Fsp3) is 0.417. The molecule has 7 heteroatoms. The third-order valence-electron chi connectivity index (χ3n) is 4.17. The number of guanidine groups is 1. The SMILES string of the molecule is CCNC(=NCc1ccccc1COCc1ccccc1)NCC(=O)NC(C)(C)C.I. The van der Waals surface area contributed by atoms with Crippen molar-refractivity contribution in [3.05, 3.63) is 71.3 Å². The van der Waals surface area contributed by atoms with E-state index < -0.39 is 0 Å². The van der Waals surface area contributed by atoms with Crippen LogP contribution in [0.4, 0.5) is 0 Å². The lowest BCUT2D eigenvalue weighted by Crippen LogP contribution is -2.48. The summed E-state index contributed by atoms with van der Waals surface area (Å²) in [5, 5.41) is 9.21. The fourth-order valence-corrected chi connectivity index (χ4v) is 2.84. The standard InChI is InChI=1S/C24H34N4O2.HI/c1-5-25-23(27-16-22(29)28-24(2,3)4)26-15-20-13-9-10-14-21(20)18-30-17-19-11-7-6-8-12-19;/h6-14H,5,15-18H2,1-4H3,(H,28,29)(H2,25,26,27);1H. The Morgan fingerprint density at radius 1 is 0.935 bits per heavy atom. The number of ether oxygens (including phenoxy) is 1. The van der Waals surface area contributed by atoms with Crippen molar-refractivity contribution in [2.45, 2.75) is 53.0 Å². The molecule has 0 heterocycles. The van der Waals surface area contributed by atoms with Gasteiger partial charge in [-0.1, -0.05) is 54.6 Å². The van der Waals surface area contributed by atoms with Gasteiger partial charge in [-0.15, -0.1) is 24.0 Å². The van der Waals surface area contributed by atoms with Gasteiger partial charge >= 0.3 is 0 Å². The highest BCUT2D eigenvalue weighted by Crippen LogP contribution is 2.13. The molecule has 0 spiro atoms. The largest absolute Gasteiger partial charge is 0.372 e. The van der Waals surface area contributed by atoms with E-state index in [1.165, 1.54) is 0 Å². The minimum Gasteiger partial charge on any atom is -0.372 e. The topological polar surface area (TPSA) is 74.8 Å². The molecule has 0 radical (unpaired) electrons. The van der Waals surface area contributed by atoms with Gasteiger partial charge in [-0.05, 0) is 44.4 Å². The molecule has 3 N–H and O–H groups in total. The maximum Gasteiger partial charge on any atom is 0.239 e. The van der Waals surface area contributed by atoms with Gasteiger partial charge in [0.2, 0.25) is 5.91 Å². The van der Waals surface area contributed by atoms with Crippen LogP contribution in [0, 0.1) is 0 Å². The Hall–Kier alpha value is -2.13. The van der Waals surface area contributed by atoms with E-state index in [1.807, 2.05) is 58.0 Å². The van der Waals surface area contributed by atoms with Gasteiger partial charge in [0, 0.05) is 12.1 Å². The first-order valence-electron chi connectivity index (χ1n) is 10.4. The zero-order valence-corrected chi connectivity index (χ0v) is 21.2. The van der Waals surface area contributed by atoms with Crippen LogP contribution in [0.2, 0.25) is 0 Å². The first-order valence-corrected chi connectivity index (χ1v) is 10.4. The lowest BCUT2D eigenvalue weighted by Gasteiger charge is -2.21. The summed E-state index contributed by atoms with van der Waals surface area (Å²) in [5.41, 5.74) is 3.10. The van der Waals surface area contributed by atoms with Crippen molar-refractivity contribution in [1.29, 1.82) is 0 Å². The minimum absolute atomic E-state index is 0. The number of carbonyl (C=O) groups excluding carboxylic acids is 1. The van der Waals surface area contributed by atoms with Gasteiger partial charge in [-0.2, -0.15) is 0 Å². The summed E-state index contributed by atoms with van der Waals surface area (Å²) in [6, 6.07) is 18.3. The van der Waals surface area contributed by atoms with Crippen molar-refractivity contribution in [3.63, 3.8) is 0 Å². The van der Waals surface area contributed by atoms with Crippen LogP contribution < -0.4 is 16.0 Å². The molecule has 0 aliphatic carbocycles. The molecule has 0 aromatic heterocycles. The monoisotopic (exact) mass is 538 g/mol.